The van der Waals surface area contributed by atoms with Gasteiger partial charge in [-0.1, -0.05) is 50.0 Å². The Balaban J connectivity index is 2.75. The van der Waals surface area contributed by atoms with Gasteiger partial charge in [0.2, 0.25) is 5.91 Å². The molecule has 6 heteroatoms. The molecule has 2 N–H and O–H groups in total. The molecular weight excluding hydrogens is 325 g/mol. The fraction of sp³-hybridized carbons (Fsp3) is 0.375. The van der Waals surface area contributed by atoms with Gasteiger partial charge in [-0.3, -0.25) is 4.79 Å². The van der Waals surface area contributed by atoms with Gasteiger partial charge in [0.1, 0.15) is 6.04 Å². The van der Waals surface area contributed by atoms with Crippen molar-refractivity contribution in [3.05, 3.63) is 39.9 Å². The Morgan fingerprint density at radius 3 is 2.45 bits per heavy atom. The van der Waals surface area contributed by atoms with Crippen LogP contribution in [0.3, 0.4) is 0 Å². The highest BCUT2D eigenvalue weighted by Crippen LogP contribution is 2.22. The number of halogens is 2. The monoisotopic (exact) mass is 343 g/mol. The maximum absolute atomic E-state index is 11.9. The Labute approximate surface area is 140 Å². The molecule has 0 aliphatic rings. The minimum atomic E-state index is -1.05. The number of benzene rings is 1. The van der Waals surface area contributed by atoms with Gasteiger partial charge in [0.25, 0.3) is 0 Å². The van der Waals surface area contributed by atoms with Crippen LogP contribution in [0.25, 0.3) is 6.08 Å². The fourth-order valence-electron chi connectivity index (χ4n) is 1.83. The minimum absolute atomic E-state index is 0.209. The normalized spacial score (nSPS) is 13.1. The molecule has 1 rings (SSSR count). The van der Waals surface area contributed by atoms with Gasteiger partial charge in [0.05, 0.1) is 0 Å². The molecule has 1 amide bonds. The molecule has 22 heavy (non-hydrogen) atoms. The fourth-order valence-corrected chi connectivity index (χ4v) is 2.31. The van der Waals surface area contributed by atoms with Gasteiger partial charge in [-0.2, -0.15) is 0 Å². The van der Waals surface area contributed by atoms with Crippen LogP contribution in [0.2, 0.25) is 10.0 Å². The lowest BCUT2D eigenvalue weighted by atomic mass is 9.88. The third kappa shape index (κ3) is 6.50. The standard InChI is InChI=1S/C16H19Cl2NO3/c1-16(2,3)9-13(15(21)22)19-14(20)7-5-10-4-6-11(17)8-12(10)18/h4-8,13H,9H2,1-3H3,(H,19,20)(H,21,22). The Bertz CT molecular complexity index is 592. The molecule has 0 aromatic heterocycles. The first-order valence-corrected chi connectivity index (χ1v) is 7.50. The third-order valence-electron chi connectivity index (χ3n) is 2.81. The molecule has 0 saturated heterocycles. The van der Waals surface area contributed by atoms with E-state index in [2.05, 4.69) is 5.32 Å². The van der Waals surface area contributed by atoms with E-state index in [1.165, 1.54) is 12.2 Å². The molecule has 0 fully saturated rings. The number of aliphatic carboxylic acids is 1. The summed E-state index contributed by atoms with van der Waals surface area (Å²) in [5, 5.41) is 12.6. The van der Waals surface area contributed by atoms with Gasteiger partial charge < -0.3 is 10.4 Å². The van der Waals surface area contributed by atoms with Crippen LogP contribution in [-0.4, -0.2) is 23.0 Å². The van der Waals surface area contributed by atoms with Crippen LogP contribution in [-0.2, 0) is 9.59 Å². The summed E-state index contributed by atoms with van der Waals surface area (Å²) in [5.41, 5.74) is 0.420. The molecule has 120 valence electrons. The highest BCUT2D eigenvalue weighted by molar-refractivity contribution is 6.35. The van der Waals surface area contributed by atoms with Crippen LogP contribution in [0.5, 0.6) is 0 Å². The van der Waals surface area contributed by atoms with Gasteiger partial charge in [0.15, 0.2) is 0 Å². The van der Waals surface area contributed by atoms with Crippen LogP contribution < -0.4 is 5.32 Å². The largest absolute Gasteiger partial charge is 0.480 e. The van der Waals surface area contributed by atoms with Crippen LogP contribution in [0, 0.1) is 5.41 Å². The van der Waals surface area contributed by atoms with Crippen molar-refractivity contribution in [1.29, 1.82) is 0 Å². The van der Waals surface area contributed by atoms with E-state index in [9.17, 15) is 14.7 Å². The minimum Gasteiger partial charge on any atom is -0.480 e. The molecule has 0 heterocycles. The second-order valence-corrected chi connectivity index (χ2v) is 7.01. The Kier molecular flexibility index (Phi) is 6.45. The van der Waals surface area contributed by atoms with Crippen LogP contribution >= 0.6 is 23.2 Å². The SMILES string of the molecule is CC(C)(C)CC(NC(=O)C=Cc1ccc(Cl)cc1Cl)C(=O)O. The second kappa shape index (κ2) is 7.65. The molecule has 1 unspecified atom stereocenters. The van der Waals surface area contributed by atoms with E-state index in [-0.39, 0.29) is 5.41 Å². The lowest BCUT2D eigenvalue weighted by molar-refractivity contribution is -0.142. The van der Waals surface area contributed by atoms with Crippen molar-refractivity contribution in [2.45, 2.75) is 33.2 Å². The van der Waals surface area contributed by atoms with Crippen molar-refractivity contribution in [3.8, 4) is 0 Å². The zero-order valence-corrected chi connectivity index (χ0v) is 14.2. The molecule has 4 nitrogen and oxygen atoms in total. The van der Waals surface area contributed by atoms with Gasteiger partial charge >= 0.3 is 5.97 Å². The number of carbonyl (C=O) groups excluding carboxylic acids is 1. The summed E-state index contributed by atoms with van der Waals surface area (Å²) in [6.45, 7) is 5.75. The molecule has 0 bridgehead atoms. The second-order valence-electron chi connectivity index (χ2n) is 6.16. The van der Waals surface area contributed by atoms with E-state index < -0.39 is 17.9 Å². The van der Waals surface area contributed by atoms with Crippen molar-refractivity contribution < 1.29 is 14.7 Å². The first-order valence-electron chi connectivity index (χ1n) is 6.75. The Morgan fingerprint density at radius 2 is 1.95 bits per heavy atom. The maximum Gasteiger partial charge on any atom is 0.326 e. The van der Waals surface area contributed by atoms with E-state index in [0.717, 1.165) is 0 Å². The van der Waals surface area contributed by atoms with Gasteiger partial charge in [-0.15, -0.1) is 0 Å². The molecule has 0 aliphatic carbocycles. The Hall–Kier alpha value is -1.52. The van der Waals surface area contributed by atoms with Crippen molar-refractivity contribution in [2.24, 2.45) is 5.41 Å². The van der Waals surface area contributed by atoms with E-state index in [1.54, 1.807) is 18.2 Å². The van der Waals surface area contributed by atoms with Crippen molar-refractivity contribution >= 4 is 41.2 Å². The number of amides is 1. The summed E-state index contributed by atoms with van der Waals surface area (Å²) in [4.78, 5) is 23.1. The van der Waals surface area contributed by atoms with E-state index >= 15 is 0 Å². The molecule has 1 aromatic carbocycles. The van der Waals surface area contributed by atoms with E-state index in [1.807, 2.05) is 20.8 Å². The number of hydrogen-bond acceptors (Lipinski definition) is 2. The van der Waals surface area contributed by atoms with Crippen LogP contribution in [0.15, 0.2) is 24.3 Å². The van der Waals surface area contributed by atoms with Crippen molar-refractivity contribution in [3.63, 3.8) is 0 Å². The molecule has 0 aliphatic heterocycles. The van der Waals surface area contributed by atoms with Gasteiger partial charge in [0, 0.05) is 16.1 Å². The third-order valence-corrected chi connectivity index (χ3v) is 3.37. The van der Waals surface area contributed by atoms with E-state index in [4.69, 9.17) is 23.2 Å². The van der Waals surface area contributed by atoms with Gasteiger partial charge in [-0.05, 0) is 35.6 Å². The molecular formula is C16H19Cl2NO3. The van der Waals surface area contributed by atoms with E-state index in [0.29, 0.717) is 22.0 Å². The summed E-state index contributed by atoms with van der Waals surface area (Å²) in [6, 6.07) is 3.97. The molecule has 1 atom stereocenters. The number of nitrogens with one attached hydrogen (secondary N) is 1. The van der Waals surface area contributed by atoms with Crippen LogP contribution in [0.1, 0.15) is 32.8 Å². The molecule has 0 saturated carbocycles. The smallest absolute Gasteiger partial charge is 0.326 e. The first kappa shape index (κ1) is 18.5. The number of hydrogen-bond donors (Lipinski definition) is 2. The molecule has 0 spiro atoms. The lowest BCUT2D eigenvalue weighted by Crippen LogP contribution is -2.42. The molecule has 1 aromatic rings. The number of carboxylic acid groups (broad SMARTS) is 1. The first-order chi connectivity index (χ1) is 10.1. The zero-order chi connectivity index (χ0) is 16.9. The number of carbonyl (C=O) groups is 2. The van der Waals surface area contributed by atoms with Crippen molar-refractivity contribution in [2.75, 3.05) is 0 Å². The maximum atomic E-state index is 11.9. The predicted molar refractivity (Wildman–Crippen MR) is 89.1 cm³/mol. The predicted octanol–water partition coefficient (Wildman–Crippen LogP) is 4.01. The number of carboxylic acids is 1. The van der Waals surface area contributed by atoms with Crippen LogP contribution in [0.4, 0.5) is 0 Å². The quantitative estimate of drug-likeness (QED) is 0.793. The average Bonchev–Trinajstić information content (AvgIpc) is 2.35. The summed E-state index contributed by atoms with van der Waals surface area (Å²) in [5.74, 6) is -1.54. The summed E-state index contributed by atoms with van der Waals surface area (Å²) in [7, 11) is 0. The lowest BCUT2D eigenvalue weighted by Gasteiger charge is -2.23. The highest BCUT2D eigenvalue weighted by atomic mass is 35.5. The topological polar surface area (TPSA) is 66.4 Å². The average molecular weight is 344 g/mol. The van der Waals surface area contributed by atoms with Gasteiger partial charge in [-0.25, -0.2) is 4.79 Å². The summed E-state index contributed by atoms with van der Waals surface area (Å²) in [6.07, 6.45) is 3.11. The highest BCUT2D eigenvalue weighted by Gasteiger charge is 2.25. The Morgan fingerprint density at radius 1 is 1.32 bits per heavy atom. The zero-order valence-electron chi connectivity index (χ0n) is 12.7. The number of rotatable bonds is 5. The summed E-state index contributed by atoms with van der Waals surface area (Å²) < 4.78 is 0. The molecule has 0 radical (unpaired) electrons. The van der Waals surface area contributed by atoms with Crippen molar-refractivity contribution in [1.82, 2.24) is 5.32 Å². The summed E-state index contributed by atoms with van der Waals surface area (Å²) >= 11 is 11.8.